The smallest absolute Gasteiger partial charge is 0.191 e. The van der Waals surface area contributed by atoms with E-state index in [1.165, 1.54) is 44.9 Å². The molecule has 0 aliphatic heterocycles. The summed E-state index contributed by atoms with van der Waals surface area (Å²) >= 11 is 0. The predicted octanol–water partition coefficient (Wildman–Crippen LogP) is 2.23. The minimum Gasteiger partial charge on any atom is -0.356 e. The minimum atomic E-state index is 0.632. The van der Waals surface area contributed by atoms with E-state index >= 15 is 0 Å². The molecule has 0 spiro atoms. The van der Waals surface area contributed by atoms with E-state index in [0.717, 1.165) is 18.3 Å². The molecule has 0 amide bonds. The zero-order valence-electron chi connectivity index (χ0n) is 13.7. The fourth-order valence-corrected chi connectivity index (χ4v) is 2.14. The Morgan fingerprint density at radius 3 is 2.48 bits per heavy atom. The van der Waals surface area contributed by atoms with Crippen LogP contribution in [0.3, 0.4) is 0 Å². The van der Waals surface area contributed by atoms with E-state index in [2.05, 4.69) is 32.7 Å². The Morgan fingerprint density at radius 1 is 1.14 bits per heavy atom. The van der Waals surface area contributed by atoms with Crippen LogP contribution in [0.25, 0.3) is 0 Å². The zero-order chi connectivity index (χ0) is 15.3. The van der Waals surface area contributed by atoms with Crippen molar-refractivity contribution in [1.29, 1.82) is 0 Å². The first-order chi connectivity index (χ1) is 10.3. The van der Waals surface area contributed by atoms with Gasteiger partial charge in [-0.05, 0) is 6.42 Å². The third kappa shape index (κ3) is 7.68. The summed E-state index contributed by atoms with van der Waals surface area (Å²) in [6, 6.07) is 0. The fourth-order valence-electron chi connectivity index (χ4n) is 2.14. The van der Waals surface area contributed by atoms with Crippen molar-refractivity contribution in [2.24, 2.45) is 12.0 Å². The summed E-state index contributed by atoms with van der Waals surface area (Å²) in [5.41, 5.74) is 0. The molecule has 1 rings (SSSR count). The van der Waals surface area contributed by atoms with Crippen molar-refractivity contribution < 1.29 is 0 Å². The van der Waals surface area contributed by atoms with Crippen molar-refractivity contribution in [2.45, 2.75) is 58.4 Å². The molecule has 120 valence electrons. The summed E-state index contributed by atoms with van der Waals surface area (Å²) in [4.78, 5) is 4.21. The Bertz CT molecular complexity index is 399. The molecule has 6 nitrogen and oxygen atoms in total. The maximum absolute atomic E-state index is 4.21. The van der Waals surface area contributed by atoms with Crippen molar-refractivity contribution in [1.82, 2.24) is 25.4 Å². The largest absolute Gasteiger partial charge is 0.356 e. The molecular weight excluding hydrogens is 264 g/mol. The number of guanidine groups is 1. The highest BCUT2D eigenvalue weighted by molar-refractivity contribution is 5.79. The molecule has 0 unspecified atom stereocenters. The molecule has 1 heterocycles. The van der Waals surface area contributed by atoms with Crippen molar-refractivity contribution in [3.63, 3.8) is 0 Å². The summed E-state index contributed by atoms with van der Waals surface area (Å²) in [6.07, 6.45) is 11.0. The Kier molecular flexibility index (Phi) is 9.24. The molecule has 1 aromatic heterocycles. The molecule has 1 aromatic rings. The zero-order valence-corrected chi connectivity index (χ0v) is 13.7. The number of nitrogens with one attached hydrogen (secondary N) is 2. The molecule has 0 aliphatic rings. The number of rotatable bonds is 10. The van der Waals surface area contributed by atoms with Crippen LogP contribution >= 0.6 is 0 Å². The van der Waals surface area contributed by atoms with Crippen LogP contribution in [0.4, 0.5) is 0 Å². The lowest BCUT2D eigenvalue weighted by Crippen LogP contribution is -2.37. The molecule has 21 heavy (non-hydrogen) atoms. The van der Waals surface area contributed by atoms with Crippen molar-refractivity contribution >= 4 is 5.96 Å². The van der Waals surface area contributed by atoms with Gasteiger partial charge in [-0.3, -0.25) is 4.99 Å². The van der Waals surface area contributed by atoms with E-state index in [0.29, 0.717) is 6.54 Å². The highest BCUT2D eigenvalue weighted by Gasteiger charge is 2.02. The van der Waals surface area contributed by atoms with Gasteiger partial charge in [-0.2, -0.15) is 0 Å². The van der Waals surface area contributed by atoms with Crippen LogP contribution in [0.5, 0.6) is 0 Å². The van der Waals surface area contributed by atoms with Crippen molar-refractivity contribution in [3.8, 4) is 0 Å². The molecule has 0 aromatic carbocycles. The van der Waals surface area contributed by atoms with Crippen LogP contribution in [0, 0.1) is 0 Å². The molecule has 6 heteroatoms. The molecule has 0 atom stereocenters. The summed E-state index contributed by atoms with van der Waals surface area (Å²) in [6.45, 7) is 3.85. The van der Waals surface area contributed by atoms with Gasteiger partial charge in [-0.15, -0.1) is 10.2 Å². The third-order valence-corrected chi connectivity index (χ3v) is 3.52. The van der Waals surface area contributed by atoms with E-state index in [-0.39, 0.29) is 0 Å². The average molecular weight is 294 g/mol. The van der Waals surface area contributed by atoms with Crippen LogP contribution in [0.15, 0.2) is 11.3 Å². The standard InChI is InChI=1S/C15H30N6/c1-4-5-6-7-8-9-10-11-17-15(16-2)18-12-14-20-19-13-21(14)3/h13H,4-12H2,1-3H3,(H2,16,17,18). The van der Waals surface area contributed by atoms with Crippen LogP contribution in [-0.2, 0) is 13.6 Å². The summed E-state index contributed by atoms with van der Waals surface area (Å²) in [7, 11) is 3.72. The normalized spacial score (nSPS) is 11.7. The van der Waals surface area contributed by atoms with E-state index in [1.807, 2.05) is 11.6 Å². The molecule has 0 radical (unpaired) electrons. The first kappa shape index (κ1) is 17.5. The van der Waals surface area contributed by atoms with Crippen molar-refractivity contribution in [2.75, 3.05) is 13.6 Å². The Hall–Kier alpha value is -1.59. The topological polar surface area (TPSA) is 67.1 Å². The summed E-state index contributed by atoms with van der Waals surface area (Å²) in [5.74, 6) is 1.72. The second-order valence-electron chi connectivity index (χ2n) is 5.33. The van der Waals surface area contributed by atoms with Gasteiger partial charge < -0.3 is 15.2 Å². The molecule has 0 aliphatic carbocycles. The first-order valence-corrected chi connectivity index (χ1v) is 8.05. The van der Waals surface area contributed by atoms with E-state index in [4.69, 9.17) is 0 Å². The highest BCUT2D eigenvalue weighted by Crippen LogP contribution is 2.06. The highest BCUT2D eigenvalue weighted by atomic mass is 15.3. The van der Waals surface area contributed by atoms with E-state index < -0.39 is 0 Å². The average Bonchev–Trinajstić information content (AvgIpc) is 2.90. The van der Waals surface area contributed by atoms with Crippen LogP contribution in [0.2, 0.25) is 0 Å². The monoisotopic (exact) mass is 294 g/mol. The number of hydrogen-bond donors (Lipinski definition) is 2. The SMILES string of the molecule is CCCCCCCCCNC(=NC)NCc1nncn1C. The van der Waals surface area contributed by atoms with E-state index in [9.17, 15) is 0 Å². The predicted molar refractivity (Wildman–Crippen MR) is 87.2 cm³/mol. The van der Waals surface area contributed by atoms with Crippen LogP contribution in [0.1, 0.15) is 57.7 Å². The van der Waals surface area contributed by atoms with Crippen molar-refractivity contribution in [3.05, 3.63) is 12.2 Å². The molecule has 0 saturated carbocycles. The number of aryl methyl sites for hydroxylation is 1. The number of unbranched alkanes of at least 4 members (excludes halogenated alkanes) is 6. The Morgan fingerprint density at radius 2 is 1.86 bits per heavy atom. The lowest BCUT2D eigenvalue weighted by Gasteiger charge is -2.11. The molecule has 0 fully saturated rings. The Labute approximate surface area is 128 Å². The van der Waals surface area contributed by atoms with Crippen LogP contribution < -0.4 is 10.6 Å². The number of aliphatic imine (C=N–C) groups is 1. The second-order valence-corrected chi connectivity index (χ2v) is 5.33. The second kappa shape index (κ2) is 11.1. The Balaban J connectivity index is 2.05. The van der Waals surface area contributed by atoms with Gasteiger partial charge in [-0.1, -0.05) is 45.4 Å². The van der Waals surface area contributed by atoms with Gasteiger partial charge in [0.25, 0.3) is 0 Å². The maximum Gasteiger partial charge on any atom is 0.191 e. The maximum atomic E-state index is 4.21. The quantitative estimate of drug-likeness (QED) is 0.394. The molecule has 0 bridgehead atoms. The number of aromatic nitrogens is 3. The summed E-state index contributed by atoms with van der Waals surface area (Å²) in [5, 5.41) is 14.5. The third-order valence-electron chi connectivity index (χ3n) is 3.52. The number of hydrogen-bond acceptors (Lipinski definition) is 3. The molecule has 2 N–H and O–H groups in total. The van der Waals surface area contributed by atoms with Gasteiger partial charge in [0.2, 0.25) is 0 Å². The van der Waals surface area contributed by atoms with Gasteiger partial charge in [0.05, 0.1) is 6.54 Å². The minimum absolute atomic E-state index is 0.632. The van der Waals surface area contributed by atoms with Gasteiger partial charge in [0.1, 0.15) is 6.33 Å². The summed E-state index contributed by atoms with van der Waals surface area (Å²) < 4.78 is 1.90. The van der Waals surface area contributed by atoms with E-state index in [1.54, 1.807) is 13.4 Å². The van der Waals surface area contributed by atoms with Gasteiger partial charge >= 0.3 is 0 Å². The van der Waals surface area contributed by atoms with Gasteiger partial charge in [0, 0.05) is 20.6 Å². The lowest BCUT2D eigenvalue weighted by molar-refractivity contribution is 0.583. The molecular formula is C15H30N6. The lowest BCUT2D eigenvalue weighted by atomic mass is 10.1. The van der Waals surface area contributed by atoms with Gasteiger partial charge in [-0.25, -0.2) is 0 Å². The van der Waals surface area contributed by atoms with Gasteiger partial charge in [0.15, 0.2) is 11.8 Å². The molecule has 0 saturated heterocycles. The number of nitrogens with zero attached hydrogens (tertiary/aromatic N) is 4. The first-order valence-electron chi connectivity index (χ1n) is 8.05. The van der Waals surface area contributed by atoms with Crippen LogP contribution in [-0.4, -0.2) is 34.3 Å². The fraction of sp³-hybridized carbons (Fsp3) is 0.800.